The lowest BCUT2D eigenvalue weighted by Crippen LogP contribution is -2.50. The molecule has 0 heterocycles. The fourth-order valence-corrected chi connectivity index (χ4v) is 2.60. The largest absolute Gasteiger partial charge is 0.352 e. The fourth-order valence-electron chi connectivity index (χ4n) is 2.34. The Kier molecular flexibility index (Phi) is 5.82. The molecule has 0 aromatic heterocycles. The highest BCUT2D eigenvalue weighted by molar-refractivity contribution is 7.80. The van der Waals surface area contributed by atoms with Gasteiger partial charge in [0.2, 0.25) is 11.8 Å². The summed E-state index contributed by atoms with van der Waals surface area (Å²) >= 11 is 4.09. The van der Waals surface area contributed by atoms with Crippen molar-refractivity contribution in [3.05, 3.63) is 0 Å². The second kappa shape index (κ2) is 6.89. The van der Waals surface area contributed by atoms with Crippen LogP contribution in [0.5, 0.6) is 0 Å². The lowest BCUT2D eigenvalue weighted by molar-refractivity contribution is -0.128. The first-order valence-electron chi connectivity index (χ1n) is 6.23. The van der Waals surface area contributed by atoms with E-state index in [2.05, 4.69) is 23.3 Å². The molecule has 1 fully saturated rings. The van der Waals surface area contributed by atoms with Gasteiger partial charge in [-0.3, -0.25) is 9.59 Å². The first kappa shape index (κ1) is 14.4. The number of amides is 2. The number of carbonyl (C=O) groups excluding carboxylic acids is 2. The predicted octanol–water partition coefficient (Wildman–Crippen LogP) is 1.12. The average molecular weight is 258 g/mol. The topological polar surface area (TPSA) is 58.2 Å². The van der Waals surface area contributed by atoms with Crippen LogP contribution in [0.15, 0.2) is 0 Å². The summed E-state index contributed by atoms with van der Waals surface area (Å²) in [6, 6.07) is -0.346. The zero-order chi connectivity index (χ0) is 12.8. The van der Waals surface area contributed by atoms with Crippen LogP contribution in [0.2, 0.25) is 0 Å². The minimum absolute atomic E-state index is 0.130. The van der Waals surface area contributed by atoms with Gasteiger partial charge in [0.25, 0.3) is 0 Å². The molecule has 2 N–H and O–H groups in total. The average Bonchev–Trinajstić information content (AvgIpc) is 2.78. The summed E-state index contributed by atoms with van der Waals surface area (Å²) in [5.41, 5.74) is 0. The standard InChI is InChI=1S/C12H22N2O2S/c1-8(10-5-3-4-6-10)13-12(16)11(7-17)14-9(2)15/h8,10-11,17H,3-7H2,1-2H3,(H,13,16)(H,14,15). The van der Waals surface area contributed by atoms with Crippen LogP contribution < -0.4 is 10.6 Å². The molecular weight excluding hydrogens is 236 g/mol. The van der Waals surface area contributed by atoms with Gasteiger partial charge in [0.05, 0.1) is 0 Å². The third kappa shape index (κ3) is 4.58. The van der Waals surface area contributed by atoms with Crippen LogP contribution in [-0.4, -0.2) is 29.7 Å². The van der Waals surface area contributed by atoms with Gasteiger partial charge in [-0.25, -0.2) is 0 Å². The first-order chi connectivity index (χ1) is 8.04. The lowest BCUT2D eigenvalue weighted by atomic mass is 9.99. The number of carbonyl (C=O) groups is 2. The molecular formula is C12H22N2O2S. The maximum absolute atomic E-state index is 11.9. The molecule has 0 aromatic carbocycles. The molecule has 2 atom stereocenters. The van der Waals surface area contributed by atoms with Gasteiger partial charge < -0.3 is 10.6 Å². The minimum atomic E-state index is -0.528. The highest BCUT2D eigenvalue weighted by Crippen LogP contribution is 2.27. The zero-order valence-electron chi connectivity index (χ0n) is 10.5. The van der Waals surface area contributed by atoms with Crippen LogP contribution in [0, 0.1) is 5.92 Å². The molecule has 2 unspecified atom stereocenters. The van der Waals surface area contributed by atoms with Gasteiger partial charge >= 0.3 is 0 Å². The molecule has 0 aromatic rings. The molecule has 0 spiro atoms. The molecule has 4 nitrogen and oxygen atoms in total. The van der Waals surface area contributed by atoms with Crippen LogP contribution >= 0.6 is 12.6 Å². The monoisotopic (exact) mass is 258 g/mol. The summed E-state index contributed by atoms with van der Waals surface area (Å²) < 4.78 is 0. The van der Waals surface area contributed by atoms with Crippen molar-refractivity contribution in [2.75, 3.05) is 5.75 Å². The molecule has 5 heteroatoms. The minimum Gasteiger partial charge on any atom is -0.352 e. The Balaban J connectivity index is 2.42. The van der Waals surface area contributed by atoms with E-state index in [4.69, 9.17) is 0 Å². The molecule has 98 valence electrons. The maximum Gasteiger partial charge on any atom is 0.243 e. The molecule has 1 rings (SSSR count). The number of rotatable bonds is 5. The second-order valence-electron chi connectivity index (χ2n) is 4.78. The van der Waals surface area contributed by atoms with Crippen LogP contribution in [-0.2, 0) is 9.59 Å². The Hall–Kier alpha value is -0.710. The predicted molar refractivity (Wildman–Crippen MR) is 71.0 cm³/mol. The van der Waals surface area contributed by atoms with Gasteiger partial charge in [-0.15, -0.1) is 0 Å². The quantitative estimate of drug-likeness (QED) is 0.647. The van der Waals surface area contributed by atoms with Crippen LogP contribution in [0.1, 0.15) is 39.5 Å². The number of hydrogen-bond acceptors (Lipinski definition) is 3. The highest BCUT2D eigenvalue weighted by Gasteiger charge is 2.25. The van der Waals surface area contributed by atoms with Crippen molar-refractivity contribution in [1.82, 2.24) is 10.6 Å². The summed E-state index contributed by atoms with van der Waals surface area (Å²) in [6.07, 6.45) is 4.89. The summed E-state index contributed by atoms with van der Waals surface area (Å²) in [5, 5.41) is 5.57. The Labute approximate surface area is 108 Å². The summed E-state index contributed by atoms with van der Waals surface area (Å²) in [5.74, 6) is 0.571. The summed E-state index contributed by atoms with van der Waals surface area (Å²) in [7, 11) is 0. The normalized spacial score (nSPS) is 19.7. The summed E-state index contributed by atoms with van der Waals surface area (Å²) in [4.78, 5) is 22.8. The van der Waals surface area contributed by atoms with Crippen molar-refractivity contribution in [2.45, 2.75) is 51.6 Å². The van der Waals surface area contributed by atoms with E-state index in [0.717, 1.165) is 0 Å². The molecule has 1 aliphatic carbocycles. The molecule has 1 saturated carbocycles. The number of hydrogen-bond donors (Lipinski definition) is 3. The van der Waals surface area contributed by atoms with E-state index in [1.807, 2.05) is 6.92 Å². The molecule has 0 aliphatic heterocycles. The molecule has 0 radical (unpaired) electrons. The molecule has 17 heavy (non-hydrogen) atoms. The van der Waals surface area contributed by atoms with E-state index in [-0.39, 0.29) is 17.9 Å². The Morgan fingerprint density at radius 1 is 1.29 bits per heavy atom. The number of nitrogens with one attached hydrogen (secondary N) is 2. The van der Waals surface area contributed by atoms with Crippen molar-refractivity contribution in [3.63, 3.8) is 0 Å². The van der Waals surface area contributed by atoms with Crippen LogP contribution in [0.25, 0.3) is 0 Å². The molecule has 0 saturated heterocycles. The molecule has 2 amide bonds. The van der Waals surface area contributed by atoms with Gasteiger partial charge in [0.15, 0.2) is 0 Å². The highest BCUT2D eigenvalue weighted by atomic mass is 32.1. The Morgan fingerprint density at radius 3 is 2.35 bits per heavy atom. The van der Waals surface area contributed by atoms with Crippen molar-refractivity contribution in [2.24, 2.45) is 5.92 Å². The van der Waals surface area contributed by atoms with Crippen molar-refractivity contribution >= 4 is 24.4 Å². The van der Waals surface area contributed by atoms with E-state index >= 15 is 0 Å². The fraction of sp³-hybridized carbons (Fsp3) is 0.833. The van der Waals surface area contributed by atoms with E-state index in [1.165, 1.54) is 32.6 Å². The second-order valence-corrected chi connectivity index (χ2v) is 5.14. The van der Waals surface area contributed by atoms with Gasteiger partial charge in [0, 0.05) is 18.7 Å². The maximum atomic E-state index is 11.9. The smallest absolute Gasteiger partial charge is 0.243 e. The SMILES string of the molecule is CC(=O)NC(CS)C(=O)NC(C)C1CCCC1. The van der Waals surface area contributed by atoms with Crippen molar-refractivity contribution in [1.29, 1.82) is 0 Å². The molecule has 1 aliphatic rings. The van der Waals surface area contributed by atoms with E-state index in [9.17, 15) is 9.59 Å². The van der Waals surface area contributed by atoms with Crippen LogP contribution in [0.3, 0.4) is 0 Å². The number of thiol groups is 1. The first-order valence-corrected chi connectivity index (χ1v) is 6.86. The summed E-state index contributed by atoms with van der Waals surface area (Å²) in [6.45, 7) is 3.45. The van der Waals surface area contributed by atoms with Gasteiger partial charge in [-0.2, -0.15) is 12.6 Å². The van der Waals surface area contributed by atoms with Crippen molar-refractivity contribution in [3.8, 4) is 0 Å². The van der Waals surface area contributed by atoms with Gasteiger partial charge in [-0.1, -0.05) is 12.8 Å². The van der Waals surface area contributed by atoms with Gasteiger partial charge in [-0.05, 0) is 25.7 Å². The Morgan fingerprint density at radius 2 is 1.88 bits per heavy atom. The van der Waals surface area contributed by atoms with E-state index in [0.29, 0.717) is 11.7 Å². The lowest BCUT2D eigenvalue weighted by Gasteiger charge is -2.23. The third-order valence-corrected chi connectivity index (χ3v) is 3.72. The van der Waals surface area contributed by atoms with E-state index < -0.39 is 6.04 Å². The van der Waals surface area contributed by atoms with Gasteiger partial charge in [0.1, 0.15) is 6.04 Å². The molecule has 0 bridgehead atoms. The van der Waals surface area contributed by atoms with E-state index in [1.54, 1.807) is 0 Å². The third-order valence-electron chi connectivity index (χ3n) is 3.35. The Bertz CT molecular complexity index is 278. The van der Waals surface area contributed by atoms with Crippen LogP contribution in [0.4, 0.5) is 0 Å². The zero-order valence-corrected chi connectivity index (χ0v) is 11.4. The van der Waals surface area contributed by atoms with Crippen molar-refractivity contribution < 1.29 is 9.59 Å².